The highest BCUT2D eigenvalue weighted by atomic mass is 16.6. The molecule has 21 heavy (non-hydrogen) atoms. The fourth-order valence-corrected chi connectivity index (χ4v) is 2.90. The van der Waals surface area contributed by atoms with Crippen molar-refractivity contribution in [2.75, 3.05) is 26.3 Å². The molecule has 2 aliphatic rings. The number of hydrogen-bond donors (Lipinski definition) is 1. The Morgan fingerprint density at radius 2 is 2.10 bits per heavy atom. The number of aliphatic hydroxyl groups is 1. The van der Waals surface area contributed by atoms with E-state index < -0.39 is 6.10 Å². The van der Waals surface area contributed by atoms with Crippen molar-refractivity contribution in [3.63, 3.8) is 0 Å². The zero-order valence-electron chi connectivity index (χ0n) is 12.2. The molecule has 1 fully saturated rings. The van der Waals surface area contributed by atoms with Crippen LogP contribution in [-0.4, -0.2) is 42.2 Å². The van der Waals surface area contributed by atoms with Gasteiger partial charge in [0.15, 0.2) is 11.5 Å². The van der Waals surface area contributed by atoms with E-state index in [9.17, 15) is 9.90 Å². The molecular weight excluding hydrogens is 270 g/mol. The number of β-amino-alcohol motifs (C(OH)–C–C–N with tert-alkyl or cyclic N) is 1. The first kappa shape index (κ1) is 14.2. The zero-order valence-corrected chi connectivity index (χ0v) is 12.2. The maximum atomic E-state index is 12.1. The molecule has 1 aromatic rings. The Bertz CT molecular complexity index is 531. The van der Waals surface area contributed by atoms with Gasteiger partial charge in [-0.05, 0) is 30.5 Å². The average Bonchev–Trinajstić information content (AvgIpc) is 2.51. The van der Waals surface area contributed by atoms with Gasteiger partial charge in [0.05, 0.1) is 12.6 Å². The molecule has 2 aliphatic heterocycles. The minimum absolute atomic E-state index is 0.0613. The van der Waals surface area contributed by atoms with E-state index in [0.29, 0.717) is 31.3 Å². The summed E-state index contributed by atoms with van der Waals surface area (Å²) >= 11 is 0. The first-order valence-electron chi connectivity index (χ1n) is 7.51. The fraction of sp³-hybridized carbons (Fsp3) is 0.562. The Hall–Kier alpha value is -1.75. The topological polar surface area (TPSA) is 59.0 Å². The van der Waals surface area contributed by atoms with Crippen LogP contribution in [0, 0.1) is 5.92 Å². The third-order valence-corrected chi connectivity index (χ3v) is 4.14. The largest absolute Gasteiger partial charge is 0.486 e. The van der Waals surface area contributed by atoms with Gasteiger partial charge < -0.3 is 19.5 Å². The van der Waals surface area contributed by atoms with Crippen molar-refractivity contribution in [1.82, 2.24) is 4.90 Å². The second kappa shape index (κ2) is 5.93. The normalized spacial score (nSPS) is 23.0. The number of rotatable bonds is 3. The van der Waals surface area contributed by atoms with Crippen LogP contribution in [0.15, 0.2) is 18.2 Å². The molecule has 2 heterocycles. The van der Waals surface area contributed by atoms with Crippen LogP contribution in [0.4, 0.5) is 0 Å². The van der Waals surface area contributed by atoms with Crippen molar-refractivity contribution in [2.24, 2.45) is 5.92 Å². The summed E-state index contributed by atoms with van der Waals surface area (Å²) in [5, 5.41) is 10.4. The van der Waals surface area contributed by atoms with E-state index in [1.54, 1.807) is 11.0 Å². The second-order valence-corrected chi connectivity index (χ2v) is 5.75. The summed E-state index contributed by atoms with van der Waals surface area (Å²) in [6, 6.07) is 5.45. The van der Waals surface area contributed by atoms with Crippen LogP contribution in [0.1, 0.15) is 31.4 Å². The smallest absolute Gasteiger partial charge is 0.225 e. The minimum Gasteiger partial charge on any atom is -0.486 e. The molecule has 5 nitrogen and oxygen atoms in total. The van der Waals surface area contributed by atoms with Crippen molar-refractivity contribution >= 4 is 5.91 Å². The third kappa shape index (κ3) is 2.97. The van der Waals surface area contributed by atoms with E-state index in [4.69, 9.17) is 9.47 Å². The number of ether oxygens (including phenoxy) is 2. The minimum atomic E-state index is -0.699. The number of piperidine rings is 1. The number of carbonyl (C=O) groups is 1. The van der Waals surface area contributed by atoms with Crippen molar-refractivity contribution in [3.05, 3.63) is 23.8 Å². The molecule has 0 aromatic heterocycles. The van der Waals surface area contributed by atoms with E-state index >= 15 is 0 Å². The quantitative estimate of drug-likeness (QED) is 0.921. The zero-order chi connectivity index (χ0) is 14.8. The molecule has 1 aromatic carbocycles. The molecule has 1 saturated heterocycles. The lowest BCUT2D eigenvalue weighted by molar-refractivity contribution is -0.139. The lowest BCUT2D eigenvalue weighted by Gasteiger charge is -2.32. The van der Waals surface area contributed by atoms with Gasteiger partial charge in [-0.15, -0.1) is 0 Å². The molecule has 0 saturated carbocycles. The molecule has 5 heteroatoms. The van der Waals surface area contributed by atoms with Crippen LogP contribution in [-0.2, 0) is 4.79 Å². The molecular formula is C16H21NO4. The summed E-state index contributed by atoms with van der Waals surface area (Å²) < 4.78 is 11.0. The lowest BCUT2D eigenvalue weighted by Crippen LogP contribution is -2.42. The number of amides is 1. The number of hydrogen-bond acceptors (Lipinski definition) is 4. The molecule has 0 radical (unpaired) electrons. The Labute approximate surface area is 124 Å². The van der Waals surface area contributed by atoms with Crippen molar-refractivity contribution < 1.29 is 19.4 Å². The Balaban J connectivity index is 1.70. The van der Waals surface area contributed by atoms with Gasteiger partial charge >= 0.3 is 0 Å². The predicted molar refractivity (Wildman–Crippen MR) is 77.4 cm³/mol. The fourth-order valence-electron chi connectivity index (χ4n) is 2.90. The van der Waals surface area contributed by atoms with Crippen molar-refractivity contribution in [2.45, 2.75) is 25.9 Å². The number of likely N-dealkylation sites (tertiary alicyclic amines) is 1. The first-order valence-corrected chi connectivity index (χ1v) is 7.51. The van der Waals surface area contributed by atoms with Crippen LogP contribution in [0.25, 0.3) is 0 Å². The summed E-state index contributed by atoms with van der Waals surface area (Å²) in [4.78, 5) is 13.9. The molecule has 114 valence electrons. The second-order valence-electron chi connectivity index (χ2n) is 5.75. The van der Waals surface area contributed by atoms with Crippen LogP contribution in [0.2, 0.25) is 0 Å². The van der Waals surface area contributed by atoms with E-state index in [0.717, 1.165) is 24.9 Å². The summed E-state index contributed by atoms with van der Waals surface area (Å²) in [6.07, 6.45) is 1.24. The van der Waals surface area contributed by atoms with Crippen LogP contribution in [0.5, 0.6) is 11.5 Å². The van der Waals surface area contributed by atoms with Crippen molar-refractivity contribution in [3.8, 4) is 11.5 Å². The number of benzene rings is 1. The summed E-state index contributed by atoms with van der Waals surface area (Å²) in [7, 11) is 0. The van der Waals surface area contributed by atoms with E-state index in [1.165, 1.54) is 0 Å². The standard InChI is InChI=1S/C16H21NO4/c1-11-3-2-6-17(16(11)19)10-13(18)12-4-5-14-15(9-12)21-8-7-20-14/h4-5,9,11,13,18H,2-3,6-8,10H2,1H3. The van der Waals surface area contributed by atoms with Gasteiger partial charge in [-0.2, -0.15) is 0 Å². The molecule has 2 atom stereocenters. The number of carbonyl (C=O) groups excluding carboxylic acids is 1. The Kier molecular flexibility index (Phi) is 4.01. The van der Waals surface area contributed by atoms with Gasteiger partial charge in [-0.25, -0.2) is 0 Å². The molecule has 3 rings (SSSR count). The highest BCUT2D eigenvalue weighted by Crippen LogP contribution is 2.33. The summed E-state index contributed by atoms with van der Waals surface area (Å²) in [5.74, 6) is 1.57. The van der Waals surface area contributed by atoms with Gasteiger partial charge in [-0.1, -0.05) is 13.0 Å². The predicted octanol–water partition coefficient (Wildman–Crippen LogP) is 1.75. The average molecular weight is 291 g/mol. The van der Waals surface area contributed by atoms with E-state index in [1.807, 2.05) is 19.1 Å². The Morgan fingerprint density at radius 3 is 2.90 bits per heavy atom. The lowest BCUT2D eigenvalue weighted by atomic mass is 9.98. The van der Waals surface area contributed by atoms with Gasteiger partial charge in [0.2, 0.25) is 5.91 Å². The molecule has 0 aliphatic carbocycles. The molecule has 0 bridgehead atoms. The Morgan fingerprint density at radius 1 is 1.33 bits per heavy atom. The summed E-state index contributed by atoms with van der Waals surface area (Å²) in [6.45, 7) is 4.09. The SMILES string of the molecule is CC1CCCN(CC(O)c2ccc3c(c2)OCCO3)C1=O. The molecule has 1 amide bonds. The molecule has 2 unspecified atom stereocenters. The van der Waals surface area contributed by atoms with Crippen LogP contribution < -0.4 is 9.47 Å². The highest BCUT2D eigenvalue weighted by molar-refractivity contribution is 5.79. The van der Waals surface area contributed by atoms with Crippen LogP contribution in [0.3, 0.4) is 0 Å². The van der Waals surface area contributed by atoms with Crippen LogP contribution >= 0.6 is 0 Å². The van der Waals surface area contributed by atoms with Gasteiger partial charge in [0, 0.05) is 12.5 Å². The maximum absolute atomic E-state index is 12.1. The molecule has 1 N–H and O–H groups in total. The van der Waals surface area contributed by atoms with Gasteiger partial charge in [0.1, 0.15) is 13.2 Å². The number of nitrogens with zero attached hydrogens (tertiary/aromatic N) is 1. The van der Waals surface area contributed by atoms with E-state index in [2.05, 4.69) is 0 Å². The van der Waals surface area contributed by atoms with Crippen molar-refractivity contribution in [1.29, 1.82) is 0 Å². The third-order valence-electron chi connectivity index (χ3n) is 4.14. The molecule has 0 spiro atoms. The monoisotopic (exact) mass is 291 g/mol. The number of fused-ring (bicyclic) bond motifs is 1. The van der Waals surface area contributed by atoms with Gasteiger partial charge in [0.25, 0.3) is 0 Å². The van der Waals surface area contributed by atoms with Gasteiger partial charge in [-0.3, -0.25) is 4.79 Å². The number of aliphatic hydroxyl groups excluding tert-OH is 1. The first-order chi connectivity index (χ1) is 10.1. The maximum Gasteiger partial charge on any atom is 0.225 e. The van der Waals surface area contributed by atoms with E-state index in [-0.39, 0.29) is 11.8 Å². The summed E-state index contributed by atoms with van der Waals surface area (Å²) in [5.41, 5.74) is 0.755. The highest BCUT2D eigenvalue weighted by Gasteiger charge is 2.27.